The van der Waals surface area contributed by atoms with E-state index >= 15 is 0 Å². The molecule has 6 nitrogen and oxygen atoms in total. The summed E-state index contributed by atoms with van der Waals surface area (Å²) < 4.78 is 48.2. The third-order valence-electron chi connectivity index (χ3n) is 5.13. The molecular formula is C22H28F3N3O3. The highest BCUT2D eigenvalue weighted by Crippen LogP contribution is 2.45. The molecule has 2 heterocycles. The van der Waals surface area contributed by atoms with Gasteiger partial charge in [0.25, 0.3) is 0 Å². The van der Waals surface area contributed by atoms with Crippen LogP contribution in [0.2, 0.25) is 0 Å². The minimum atomic E-state index is -4.46. The Balaban J connectivity index is 1.87. The van der Waals surface area contributed by atoms with Crippen LogP contribution < -0.4 is 4.74 Å². The molecule has 0 aliphatic heterocycles. The molecule has 1 aliphatic rings. The van der Waals surface area contributed by atoms with E-state index in [4.69, 9.17) is 9.26 Å². The molecule has 0 N–H and O–H groups in total. The van der Waals surface area contributed by atoms with Crippen LogP contribution in [0.25, 0.3) is 0 Å². The highest BCUT2D eigenvalue weighted by molar-refractivity contribution is 5.95. The van der Waals surface area contributed by atoms with Crippen LogP contribution in [0.4, 0.5) is 13.2 Å². The zero-order valence-electron chi connectivity index (χ0n) is 18.5. The van der Waals surface area contributed by atoms with Crippen LogP contribution in [0.3, 0.4) is 0 Å². The van der Waals surface area contributed by atoms with Gasteiger partial charge in [0.1, 0.15) is 11.4 Å². The van der Waals surface area contributed by atoms with Crippen molar-refractivity contribution in [2.45, 2.75) is 77.8 Å². The average molecular weight is 439 g/mol. The molecule has 9 heteroatoms. The number of rotatable bonds is 8. The molecule has 0 amide bonds. The third kappa shape index (κ3) is 6.27. The van der Waals surface area contributed by atoms with E-state index in [9.17, 15) is 18.0 Å². The molecular weight excluding hydrogens is 411 g/mol. The molecule has 0 radical (unpaired) electrons. The van der Waals surface area contributed by atoms with Crippen LogP contribution in [0.1, 0.15) is 87.1 Å². The van der Waals surface area contributed by atoms with E-state index in [0.717, 1.165) is 12.8 Å². The lowest BCUT2D eigenvalue weighted by Gasteiger charge is -2.32. The van der Waals surface area contributed by atoms with Gasteiger partial charge in [-0.1, -0.05) is 32.9 Å². The molecule has 31 heavy (non-hydrogen) atoms. The molecule has 0 saturated heterocycles. The largest absolute Gasteiger partial charge is 0.484 e. The molecule has 0 spiro atoms. The summed E-state index contributed by atoms with van der Waals surface area (Å²) in [6.07, 6.45) is -0.609. The van der Waals surface area contributed by atoms with Gasteiger partial charge in [-0.3, -0.25) is 9.78 Å². The van der Waals surface area contributed by atoms with E-state index in [2.05, 4.69) is 35.9 Å². The van der Waals surface area contributed by atoms with Gasteiger partial charge in [-0.05, 0) is 30.6 Å². The van der Waals surface area contributed by atoms with Gasteiger partial charge in [-0.2, -0.15) is 18.2 Å². The van der Waals surface area contributed by atoms with Gasteiger partial charge in [0.15, 0.2) is 18.2 Å². The number of ether oxygens (including phenoxy) is 1. The van der Waals surface area contributed by atoms with Crippen LogP contribution in [-0.2, 0) is 5.41 Å². The van der Waals surface area contributed by atoms with Crippen molar-refractivity contribution in [1.29, 1.82) is 0 Å². The minimum Gasteiger partial charge on any atom is -0.484 e. The maximum absolute atomic E-state index is 13.1. The number of Topliss-reactive ketones (excluding diaryl/α,β-unsaturated/α-hetero) is 1. The van der Waals surface area contributed by atoms with E-state index < -0.39 is 18.2 Å². The van der Waals surface area contributed by atoms with Gasteiger partial charge in [-0.25, -0.2) is 0 Å². The Morgan fingerprint density at radius 1 is 1.23 bits per heavy atom. The number of ketones is 1. The van der Waals surface area contributed by atoms with Crippen LogP contribution in [0, 0.1) is 12.3 Å². The van der Waals surface area contributed by atoms with E-state index in [0.29, 0.717) is 23.7 Å². The zero-order chi connectivity index (χ0) is 23.0. The Bertz CT molecular complexity index is 945. The SMILES string of the molecule is Cc1nc(C(C)(CC(=O)c2cc(OCC(F)(F)F)c(C3CC3)cn2)CC(C)(C)C)no1. The highest BCUT2D eigenvalue weighted by Gasteiger charge is 2.39. The van der Waals surface area contributed by atoms with Crippen LogP contribution in [0.5, 0.6) is 5.75 Å². The number of pyridine rings is 1. The summed E-state index contributed by atoms with van der Waals surface area (Å²) in [5.74, 6) is 0.724. The first-order chi connectivity index (χ1) is 14.3. The first-order valence-electron chi connectivity index (χ1n) is 10.3. The fourth-order valence-corrected chi connectivity index (χ4v) is 3.97. The van der Waals surface area contributed by atoms with E-state index in [1.165, 1.54) is 12.3 Å². The van der Waals surface area contributed by atoms with Gasteiger partial charge in [-0.15, -0.1) is 0 Å². The standard InChI is InChI=1S/C22H28F3N3O3/c1-13-27-19(28-31-13)21(5,11-20(2,3)4)9-17(29)16-8-18(30-12-22(23,24)25)15(10-26-16)14-6-7-14/h8,10,14H,6-7,9,11-12H2,1-5H3. The first-order valence-corrected chi connectivity index (χ1v) is 10.3. The number of aryl methyl sites for hydroxylation is 1. The number of hydrogen-bond donors (Lipinski definition) is 0. The Kier molecular flexibility index (Phi) is 6.17. The molecule has 170 valence electrons. The molecule has 0 bridgehead atoms. The van der Waals surface area contributed by atoms with Crippen molar-refractivity contribution in [3.8, 4) is 5.75 Å². The molecule has 2 aromatic heterocycles. The Hall–Kier alpha value is -2.45. The number of hydrogen-bond acceptors (Lipinski definition) is 6. The summed E-state index contributed by atoms with van der Waals surface area (Å²) >= 11 is 0. The lowest BCUT2D eigenvalue weighted by atomic mass is 9.71. The normalized spacial score (nSPS) is 16.8. The van der Waals surface area contributed by atoms with Crippen molar-refractivity contribution in [2.75, 3.05) is 6.61 Å². The predicted molar refractivity (Wildman–Crippen MR) is 107 cm³/mol. The van der Waals surface area contributed by atoms with Gasteiger partial charge in [0, 0.05) is 36.6 Å². The summed E-state index contributed by atoms with van der Waals surface area (Å²) in [7, 11) is 0. The summed E-state index contributed by atoms with van der Waals surface area (Å²) in [6, 6.07) is 1.33. The number of carbonyl (C=O) groups excluding carboxylic acids is 1. The number of alkyl halides is 3. The lowest BCUT2D eigenvalue weighted by molar-refractivity contribution is -0.153. The van der Waals surface area contributed by atoms with Gasteiger partial charge >= 0.3 is 6.18 Å². The monoisotopic (exact) mass is 439 g/mol. The van der Waals surface area contributed by atoms with E-state index in [1.54, 1.807) is 6.92 Å². The van der Waals surface area contributed by atoms with E-state index in [-0.39, 0.29) is 35.0 Å². The summed E-state index contributed by atoms with van der Waals surface area (Å²) in [4.78, 5) is 21.7. The second-order valence-corrected chi connectivity index (χ2v) is 9.82. The molecule has 1 unspecified atom stereocenters. The first kappa shape index (κ1) is 23.2. The molecule has 1 atom stereocenters. The second kappa shape index (κ2) is 8.24. The number of nitrogens with zero attached hydrogens (tertiary/aromatic N) is 3. The van der Waals surface area contributed by atoms with Crippen molar-refractivity contribution in [1.82, 2.24) is 15.1 Å². The van der Waals surface area contributed by atoms with Gasteiger partial charge < -0.3 is 9.26 Å². The van der Waals surface area contributed by atoms with Crippen molar-refractivity contribution < 1.29 is 27.2 Å². The minimum absolute atomic E-state index is 0.0394. The van der Waals surface area contributed by atoms with Crippen LogP contribution in [0.15, 0.2) is 16.8 Å². The van der Waals surface area contributed by atoms with Crippen LogP contribution in [-0.4, -0.2) is 33.7 Å². The molecule has 1 fully saturated rings. The quantitative estimate of drug-likeness (QED) is 0.501. The smallest absolute Gasteiger partial charge is 0.422 e. The summed E-state index contributed by atoms with van der Waals surface area (Å²) in [6.45, 7) is 8.31. The third-order valence-corrected chi connectivity index (χ3v) is 5.13. The molecule has 3 rings (SSSR count). The predicted octanol–water partition coefficient (Wildman–Crippen LogP) is 5.56. The number of aromatic nitrogens is 3. The maximum atomic E-state index is 13.1. The van der Waals surface area contributed by atoms with Gasteiger partial charge in [0.2, 0.25) is 5.89 Å². The summed E-state index contributed by atoms with van der Waals surface area (Å²) in [5.41, 5.74) is -0.168. The maximum Gasteiger partial charge on any atom is 0.422 e. The Labute approximate surface area is 179 Å². The van der Waals surface area contributed by atoms with Crippen molar-refractivity contribution >= 4 is 5.78 Å². The molecule has 1 aliphatic carbocycles. The second-order valence-electron chi connectivity index (χ2n) is 9.82. The topological polar surface area (TPSA) is 78.1 Å². The number of carbonyl (C=O) groups is 1. The van der Waals surface area contributed by atoms with Crippen molar-refractivity contribution in [2.24, 2.45) is 5.41 Å². The lowest BCUT2D eigenvalue weighted by Crippen LogP contribution is -2.32. The average Bonchev–Trinajstić information content (AvgIpc) is 3.37. The Morgan fingerprint density at radius 3 is 2.42 bits per heavy atom. The molecule has 0 aromatic carbocycles. The fraction of sp³-hybridized carbons (Fsp3) is 0.636. The molecule has 1 saturated carbocycles. The Morgan fingerprint density at radius 2 is 1.90 bits per heavy atom. The highest BCUT2D eigenvalue weighted by atomic mass is 19.4. The van der Waals surface area contributed by atoms with Crippen molar-refractivity contribution in [3.05, 3.63) is 35.2 Å². The summed E-state index contributed by atoms with van der Waals surface area (Å²) in [5, 5.41) is 4.03. The van der Waals surface area contributed by atoms with Gasteiger partial charge in [0.05, 0.1) is 0 Å². The molecule has 2 aromatic rings. The zero-order valence-corrected chi connectivity index (χ0v) is 18.5. The van der Waals surface area contributed by atoms with Crippen LogP contribution >= 0.6 is 0 Å². The number of halogens is 3. The van der Waals surface area contributed by atoms with Crippen molar-refractivity contribution in [3.63, 3.8) is 0 Å². The van der Waals surface area contributed by atoms with E-state index in [1.807, 2.05) is 6.92 Å². The fourth-order valence-electron chi connectivity index (χ4n) is 3.97.